The Kier molecular flexibility index (Phi) is 5.94. The highest BCUT2D eigenvalue weighted by Crippen LogP contribution is 2.35. The molecule has 0 aromatic rings. The minimum absolute atomic E-state index is 0.237. The van der Waals surface area contributed by atoms with Crippen LogP contribution in [0, 0.1) is 5.92 Å². The summed E-state index contributed by atoms with van der Waals surface area (Å²) in [5.41, 5.74) is 6.33. The van der Waals surface area contributed by atoms with Crippen molar-refractivity contribution in [3.05, 3.63) is 0 Å². The summed E-state index contributed by atoms with van der Waals surface area (Å²) in [5.74, 6) is 0.743. The third kappa shape index (κ3) is 4.59. The Hall–Kier alpha value is -0.0800. The molecule has 1 rings (SSSR count). The molecule has 0 aromatic heterocycles. The first kappa shape index (κ1) is 15.0. The zero-order valence-electron chi connectivity index (χ0n) is 12.3. The third-order valence-corrected chi connectivity index (χ3v) is 4.00. The fourth-order valence-electron chi connectivity index (χ4n) is 2.71. The number of rotatable bonds is 9. The van der Waals surface area contributed by atoms with Crippen LogP contribution in [0.15, 0.2) is 0 Å². The fourth-order valence-corrected chi connectivity index (χ4v) is 2.71. The van der Waals surface area contributed by atoms with Gasteiger partial charge in [0.25, 0.3) is 0 Å². The molecule has 2 N–H and O–H groups in total. The zero-order valence-corrected chi connectivity index (χ0v) is 12.3. The predicted octanol–water partition coefficient (Wildman–Crippen LogP) is 3.40. The van der Waals surface area contributed by atoms with Crippen LogP contribution in [0.2, 0.25) is 0 Å². The topological polar surface area (TPSA) is 29.3 Å². The predicted molar refractivity (Wildman–Crippen MR) is 76.2 cm³/mol. The first-order chi connectivity index (χ1) is 8.03. The van der Waals surface area contributed by atoms with Crippen molar-refractivity contribution in [2.24, 2.45) is 11.7 Å². The smallest absolute Gasteiger partial charge is 0.0306 e. The largest absolute Gasteiger partial charge is 0.329 e. The van der Waals surface area contributed by atoms with Crippen molar-refractivity contribution in [2.45, 2.75) is 77.8 Å². The zero-order chi connectivity index (χ0) is 12.9. The van der Waals surface area contributed by atoms with Crippen LogP contribution in [0.5, 0.6) is 0 Å². The van der Waals surface area contributed by atoms with Crippen LogP contribution in [0.1, 0.15) is 66.2 Å². The van der Waals surface area contributed by atoms with Crippen molar-refractivity contribution >= 4 is 0 Å². The summed E-state index contributed by atoms with van der Waals surface area (Å²) < 4.78 is 0. The van der Waals surface area contributed by atoms with E-state index in [1.54, 1.807) is 0 Å². The Labute approximate surface area is 108 Å². The quantitative estimate of drug-likeness (QED) is 0.626. The highest BCUT2D eigenvalue weighted by atomic mass is 15.3. The molecule has 1 unspecified atom stereocenters. The van der Waals surface area contributed by atoms with E-state index in [1.807, 2.05) is 0 Å². The Morgan fingerprint density at radius 2 is 1.94 bits per heavy atom. The summed E-state index contributed by atoms with van der Waals surface area (Å²) in [6.45, 7) is 11.3. The lowest BCUT2D eigenvalue weighted by Crippen LogP contribution is -2.54. The molecule has 17 heavy (non-hydrogen) atoms. The van der Waals surface area contributed by atoms with Gasteiger partial charge in [-0.15, -0.1) is 0 Å². The first-order valence-corrected chi connectivity index (χ1v) is 7.50. The molecule has 0 aromatic carbocycles. The van der Waals surface area contributed by atoms with Crippen LogP contribution in [-0.4, -0.2) is 29.6 Å². The molecule has 0 saturated heterocycles. The molecular weight excluding hydrogens is 208 g/mol. The number of unbranched alkanes of at least 4 members (excludes halogenated alkanes) is 2. The first-order valence-electron chi connectivity index (χ1n) is 7.50. The number of nitrogens with two attached hydrogens (primary N) is 1. The molecule has 1 aliphatic carbocycles. The van der Waals surface area contributed by atoms with E-state index in [4.69, 9.17) is 5.73 Å². The second-order valence-electron chi connectivity index (χ2n) is 6.44. The molecule has 1 saturated carbocycles. The summed E-state index contributed by atoms with van der Waals surface area (Å²) >= 11 is 0. The third-order valence-electron chi connectivity index (χ3n) is 4.00. The van der Waals surface area contributed by atoms with E-state index in [-0.39, 0.29) is 5.54 Å². The Morgan fingerprint density at radius 3 is 2.35 bits per heavy atom. The molecule has 0 aliphatic heterocycles. The molecule has 0 heterocycles. The van der Waals surface area contributed by atoms with Gasteiger partial charge in [-0.3, -0.25) is 4.90 Å². The second kappa shape index (κ2) is 6.75. The van der Waals surface area contributed by atoms with Gasteiger partial charge in [0, 0.05) is 24.7 Å². The number of hydrogen-bond acceptors (Lipinski definition) is 2. The Morgan fingerprint density at radius 1 is 1.29 bits per heavy atom. The van der Waals surface area contributed by atoms with E-state index in [2.05, 4.69) is 32.6 Å². The van der Waals surface area contributed by atoms with E-state index >= 15 is 0 Å². The lowest BCUT2D eigenvalue weighted by Gasteiger charge is -2.42. The van der Waals surface area contributed by atoms with E-state index in [1.165, 1.54) is 45.1 Å². The SMILES string of the molecule is CCCCCC(C)(CN)N(CC(C)C)C1CC1. The maximum Gasteiger partial charge on any atom is 0.0306 e. The van der Waals surface area contributed by atoms with Crippen LogP contribution in [0.3, 0.4) is 0 Å². The van der Waals surface area contributed by atoms with Gasteiger partial charge >= 0.3 is 0 Å². The molecule has 0 spiro atoms. The molecule has 0 amide bonds. The summed E-state index contributed by atoms with van der Waals surface area (Å²) in [4.78, 5) is 2.72. The maximum absolute atomic E-state index is 6.09. The molecule has 0 radical (unpaired) electrons. The lowest BCUT2D eigenvalue weighted by atomic mass is 9.91. The van der Waals surface area contributed by atoms with E-state index in [9.17, 15) is 0 Å². The van der Waals surface area contributed by atoms with Crippen LogP contribution >= 0.6 is 0 Å². The Balaban J connectivity index is 2.58. The van der Waals surface area contributed by atoms with Crippen molar-refractivity contribution in [3.63, 3.8) is 0 Å². The van der Waals surface area contributed by atoms with Gasteiger partial charge in [0.1, 0.15) is 0 Å². The van der Waals surface area contributed by atoms with Crippen molar-refractivity contribution in [1.82, 2.24) is 4.90 Å². The molecular formula is C15H32N2. The van der Waals surface area contributed by atoms with Gasteiger partial charge in [-0.05, 0) is 32.1 Å². The molecule has 1 fully saturated rings. The molecule has 0 bridgehead atoms. The highest BCUT2D eigenvalue weighted by Gasteiger charge is 2.40. The standard InChI is InChI=1S/C15H32N2/c1-5-6-7-10-15(4,12-16)17(11-13(2)3)14-8-9-14/h13-14H,5-12,16H2,1-4H3. The van der Waals surface area contributed by atoms with Crippen molar-refractivity contribution < 1.29 is 0 Å². The van der Waals surface area contributed by atoms with Crippen molar-refractivity contribution in [1.29, 1.82) is 0 Å². The van der Waals surface area contributed by atoms with E-state index in [0.717, 1.165) is 18.5 Å². The van der Waals surface area contributed by atoms with Gasteiger partial charge in [0.15, 0.2) is 0 Å². The van der Waals surface area contributed by atoms with E-state index in [0.29, 0.717) is 0 Å². The van der Waals surface area contributed by atoms with Gasteiger partial charge in [-0.1, -0.05) is 40.0 Å². The monoisotopic (exact) mass is 240 g/mol. The van der Waals surface area contributed by atoms with Crippen molar-refractivity contribution in [3.8, 4) is 0 Å². The van der Waals surface area contributed by atoms with E-state index < -0.39 is 0 Å². The summed E-state index contributed by atoms with van der Waals surface area (Å²) in [7, 11) is 0. The average Bonchev–Trinajstić information content (AvgIpc) is 3.09. The molecule has 2 nitrogen and oxygen atoms in total. The normalized spacial score (nSPS) is 19.9. The van der Waals surface area contributed by atoms with Crippen LogP contribution in [-0.2, 0) is 0 Å². The van der Waals surface area contributed by atoms with Gasteiger partial charge in [-0.25, -0.2) is 0 Å². The molecule has 1 aliphatic rings. The molecule has 1 atom stereocenters. The molecule has 102 valence electrons. The van der Waals surface area contributed by atoms with Gasteiger partial charge in [0.2, 0.25) is 0 Å². The lowest BCUT2D eigenvalue weighted by molar-refractivity contribution is 0.0763. The van der Waals surface area contributed by atoms with Gasteiger partial charge in [0.05, 0.1) is 0 Å². The maximum atomic E-state index is 6.09. The van der Waals surface area contributed by atoms with Crippen LogP contribution in [0.25, 0.3) is 0 Å². The number of nitrogens with zero attached hydrogens (tertiary/aromatic N) is 1. The fraction of sp³-hybridized carbons (Fsp3) is 1.00. The van der Waals surface area contributed by atoms with Gasteiger partial charge in [-0.2, -0.15) is 0 Å². The van der Waals surface area contributed by atoms with Crippen LogP contribution < -0.4 is 5.73 Å². The summed E-state index contributed by atoms with van der Waals surface area (Å²) in [6.07, 6.45) is 8.00. The van der Waals surface area contributed by atoms with Crippen molar-refractivity contribution in [2.75, 3.05) is 13.1 Å². The number of hydrogen-bond donors (Lipinski definition) is 1. The van der Waals surface area contributed by atoms with Gasteiger partial charge < -0.3 is 5.73 Å². The average molecular weight is 240 g/mol. The highest BCUT2D eigenvalue weighted by molar-refractivity contribution is 4.96. The molecule has 2 heteroatoms. The minimum Gasteiger partial charge on any atom is -0.329 e. The summed E-state index contributed by atoms with van der Waals surface area (Å²) in [5, 5.41) is 0. The summed E-state index contributed by atoms with van der Waals surface area (Å²) in [6, 6.07) is 0.826. The van der Waals surface area contributed by atoms with Crippen LogP contribution in [0.4, 0.5) is 0 Å². The second-order valence-corrected chi connectivity index (χ2v) is 6.44. The minimum atomic E-state index is 0.237. The Bertz CT molecular complexity index is 211.